The van der Waals surface area contributed by atoms with Crippen LogP contribution in [0.2, 0.25) is 0 Å². The third-order valence-corrected chi connectivity index (χ3v) is 8.22. The van der Waals surface area contributed by atoms with Crippen LogP contribution in [0.4, 0.5) is 0 Å². The van der Waals surface area contributed by atoms with Gasteiger partial charge in [0.2, 0.25) is 29.5 Å². The van der Waals surface area contributed by atoms with Gasteiger partial charge in [0.1, 0.15) is 29.9 Å². The predicted molar refractivity (Wildman–Crippen MR) is 181 cm³/mol. The quantitative estimate of drug-likeness (QED) is 0.0433. The van der Waals surface area contributed by atoms with E-state index in [0.717, 1.165) is 0 Å². The molecule has 50 heavy (non-hydrogen) atoms. The number of amides is 5. The number of aliphatic hydroxyl groups is 1. The summed E-state index contributed by atoms with van der Waals surface area (Å²) < 4.78 is 0. The van der Waals surface area contributed by atoms with Crippen LogP contribution in [-0.4, -0.2) is 117 Å². The minimum Gasteiger partial charge on any atom is -0.508 e. The van der Waals surface area contributed by atoms with Crippen LogP contribution in [0.1, 0.15) is 58.9 Å². The number of aromatic hydroxyl groups is 1. The van der Waals surface area contributed by atoms with E-state index in [4.69, 9.17) is 16.9 Å². The number of likely N-dealkylation sites (tertiary alicyclic amines) is 1. The number of aliphatic carboxylic acids is 1. The first-order chi connectivity index (χ1) is 23.4. The minimum absolute atomic E-state index is 0.00975. The molecule has 18 heteroatoms. The molecular formula is C32H51N9O9. The molecule has 13 N–H and O–H groups in total. The summed E-state index contributed by atoms with van der Waals surface area (Å²) in [4.78, 5) is 79.2. The van der Waals surface area contributed by atoms with Crippen LogP contribution in [0.3, 0.4) is 0 Å². The maximum Gasteiger partial charge on any atom is 0.328 e. The summed E-state index contributed by atoms with van der Waals surface area (Å²) in [5.41, 5.74) is 12.0. The van der Waals surface area contributed by atoms with Crippen molar-refractivity contribution in [3.8, 4) is 5.75 Å². The average Bonchev–Trinajstić information content (AvgIpc) is 3.54. The van der Waals surface area contributed by atoms with E-state index in [9.17, 15) is 44.1 Å². The number of nitrogens with zero attached hydrogens (tertiary/aromatic N) is 1. The van der Waals surface area contributed by atoms with Crippen LogP contribution in [0, 0.1) is 11.3 Å². The Hall–Kier alpha value is -4.97. The van der Waals surface area contributed by atoms with E-state index in [1.165, 1.54) is 30.9 Å². The number of hydrogen-bond acceptors (Lipinski definition) is 10. The third kappa shape index (κ3) is 12.5. The number of carbonyl (C=O) groups is 6. The van der Waals surface area contributed by atoms with Gasteiger partial charge in [0.15, 0.2) is 12.0 Å². The maximum atomic E-state index is 13.6. The van der Waals surface area contributed by atoms with Crippen molar-refractivity contribution < 1.29 is 44.1 Å². The fraction of sp³-hybridized carbons (Fsp3) is 0.594. The Morgan fingerprint density at radius 1 is 0.940 bits per heavy atom. The van der Waals surface area contributed by atoms with E-state index < -0.39 is 83.8 Å². The van der Waals surface area contributed by atoms with Crippen molar-refractivity contribution in [1.82, 2.24) is 31.5 Å². The first-order valence-electron chi connectivity index (χ1n) is 16.5. The standard InChI is InChI=1S/C32H51N9O9/c1-16(2)24(29(47)40-25(18(4)42)31(49)50)39-26(44)17(3)37-27(45)22(15-19-9-11-20(43)12-10-19)38-28(46)23-8-6-14-41(23)30(48)21(33)7-5-13-36-32(34)35/h9-12,16-18,21-25,42-43H,5-8,13-15,33H2,1-4H3,(H,37,45)(H,38,46)(H,39,44)(H,40,47)(H,49,50)(H4,34,35,36)/t17-,18+,21-,22-,23-,24-,25-/m0/s1. The van der Waals surface area contributed by atoms with Gasteiger partial charge in [-0.05, 0) is 63.1 Å². The van der Waals surface area contributed by atoms with Gasteiger partial charge in [-0.1, -0.05) is 26.0 Å². The van der Waals surface area contributed by atoms with Crippen molar-refractivity contribution in [2.75, 3.05) is 13.1 Å². The number of phenolic OH excluding ortho intramolecular Hbond substituents is 1. The van der Waals surface area contributed by atoms with Gasteiger partial charge >= 0.3 is 5.97 Å². The third-order valence-electron chi connectivity index (χ3n) is 8.22. The van der Waals surface area contributed by atoms with Crippen molar-refractivity contribution >= 4 is 41.5 Å². The molecule has 5 amide bonds. The normalized spacial score (nSPS) is 17.7. The molecule has 1 aliphatic rings. The molecule has 1 aromatic carbocycles. The molecule has 7 atom stereocenters. The summed E-state index contributed by atoms with van der Waals surface area (Å²) in [7, 11) is 0. The molecule has 1 heterocycles. The van der Waals surface area contributed by atoms with E-state index in [1.807, 2.05) is 0 Å². The lowest BCUT2D eigenvalue weighted by molar-refractivity contribution is -0.145. The van der Waals surface area contributed by atoms with E-state index in [1.54, 1.807) is 26.0 Å². The van der Waals surface area contributed by atoms with Gasteiger partial charge in [-0.15, -0.1) is 0 Å². The van der Waals surface area contributed by atoms with Gasteiger partial charge in [0, 0.05) is 19.5 Å². The Morgan fingerprint density at radius 2 is 1.56 bits per heavy atom. The highest BCUT2D eigenvalue weighted by Gasteiger charge is 2.38. The molecule has 1 aliphatic heterocycles. The number of nitrogens with one attached hydrogen (secondary N) is 6. The number of aliphatic hydroxyl groups excluding tert-OH is 1. The largest absolute Gasteiger partial charge is 0.508 e. The SMILES string of the molecule is CC(C)[C@H](NC(=O)[C@H](C)NC(=O)[C@H](Cc1ccc(O)cc1)NC(=O)[C@@H]1CCCN1C(=O)[C@@H](N)CCCNC(=N)N)C(=O)N[C@H](C(=O)O)[C@@H](C)O. The zero-order valence-corrected chi connectivity index (χ0v) is 28.8. The number of carboxylic acid groups (broad SMARTS) is 1. The Bertz CT molecular complexity index is 1370. The second-order valence-electron chi connectivity index (χ2n) is 12.7. The lowest BCUT2D eigenvalue weighted by Crippen LogP contribution is -2.60. The van der Waals surface area contributed by atoms with Gasteiger partial charge in [0.05, 0.1) is 12.1 Å². The van der Waals surface area contributed by atoms with Crippen LogP contribution in [0.5, 0.6) is 5.75 Å². The van der Waals surface area contributed by atoms with Crippen LogP contribution in [0.15, 0.2) is 24.3 Å². The number of rotatable bonds is 18. The van der Waals surface area contributed by atoms with E-state index in [2.05, 4.69) is 26.6 Å². The lowest BCUT2D eigenvalue weighted by atomic mass is 10.0. The molecule has 0 aliphatic carbocycles. The molecule has 1 saturated heterocycles. The second kappa shape index (κ2) is 19.3. The number of hydrogen-bond donors (Lipinski definition) is 11. The number of guanidine groups is 1. The molecule has 1 aromatic rings. The van der Waals surface area contributed by atoms with Crippen molar-refractivity contribution in [2.24, 2.45) is 17.4 Å². The molecule has 0 aromatic heterocycles. The summed E-state index contributed by atoms with van der Waals surface area (Å²) in [6, 6.07) is -1.11. The number of carboxylic acids is 1. The molecule has 0 spiro atoms. The fourth-order valence-electron chi connectivity index (χ4n) is 5.35. The summed E-state index contributed by atoms with van der Waals surface area (Å²) >= 11 is 0. The number of phenols is 1. The van der Waals surface area contributed by atoms with Crippen LogP contribution in [0.25, 0.3) is 0 Å². The number of nitrogens with two attached hydrogens (primary N) is 2. The second-order valence-corrected chi connectivity index (χ2v) is 12.7. The highest BCUT2D eigenvalue weighted by atomic mass is 16.4. The van der Waals surface area contributed by atoms with Crippen molar-refractivity contribution in [3.05, 3.63) is 29.8 Å². The number of benzene rings is 1. The molecule has 18 nitrogen and oxygen atoms in total. The molecule has 0 unspecified atom stereocenters. The summed E-state index contributed by atoms with van der Waals surface area (Å²) in [6.45, 7) is 6.43. The Morgan fingerprint density at radius 3 is 2.12 bits per heavy atom. The zero-order valence-electron chi connectivity index (χ0n) is 28.8. The Kier molecular flexibility index (Phi) is 15.9. The Labute approximate surface area is 290 Å². The maximum absolute atomic E-state index is 13.6. The van der Waals surface area contributed by atoms with E-state index in [-0.39, 0.29) is 31.1 Å². The van der Waals surface area contributed by atoms with Crippen LogP contribution >= 0.6 is 0 Å². The van der Waals surface area contributed by atoms with Crippen LogP contribution in [-0.2, 0) is 35.2 Å². The number of carbonyl (C=O) groups excluding carboxylic acids is 5. The molecular weight excluding hydrogens is 654 g/mol. The molecule has 2 rings (SSSR count). The molecule has 278 valence electrons. The first-order valence-corrected chi connectivity index (χ1v) is 16.5. The topological polar surface area (TPSA) is 302 Å². The molecule has 1 fully saturated rings. The molecule has 0 radical (unpaired) electrons. The molecule has 0 bridgehead atoms. The van der Waals surface area contributed by atoms with Crippen molar-refractivity contribution in [1.29, 1.82) is 5.41 Å². The van der Waals surface area contributed by atoms with Crippen LogP contribution < -0.4 is 38.1 Å². The minimum atomic E-state index is -1.61. The van der Waals surface area contributed by atoms with Gasteiger partial charge in [0.25, 0.3) is 0 Å². The van der Waals surface area contributed by atoms with Gasteiger partial charge in [-0.2, -0.15) is 0 Å². The molecule has 0 saturated carbocycles. The lowest BCUT2D eigenvalue weighted by Gasteiger charge is -2.29. The van der Waals surface area contributed by atoms with Crippen molar-refractivity contribution in [2.45, 2.75) is 102 Å². The van der Waals surface area contributed by atoms with Gasteiger partial charge in [-0.3, -0.25) is 29.4 Å². The van der Waals surface area contributed by atoms with Crippen molar-refractivity contribution in [3.63, 3.8) is 0 Å². The summed E-state index contributed by atoms with van der Waals surface area (Å²) in [5.74, 6) is -5.57. The first kappa shape index (κ1) is 41.2. The summed E-state index contributed by atoms with van der Waals surface area (Å²) in [6.07, 6.45) is 0.164. The van der Waals surface area contributed by atoms with Gasteiger partial charge in [-0.25, -0.2) is 4.79 Å². The highest BCUT2D eigenvalue weighted by molar-refractivity contribution is 5.96. The zero-order chi connectivity index (χ0) is 37.7. The summed E-state index contributed by atoms with van der Waals surface area (Å²) in [5, 5.41) is 48.6. The van der Waals surface area contributed by atoms with E-state index in [0.29, 0.717) is 31.4 Å². The smallest absolute Gasteiger partial charge is 0.328 e. The van der Waals surface area contributed by atoms with E-state index >= 15 is 0 Å². The average molecular weight is 706 g/mol. The monoisotopic (exact) mass is 705 g/mol. The fourth-order valence-corrected chi connectivity index (χ4v) is 5.35. The predicted octanol–water partition coefficient (Wildman–Crippen LogP) is -2.40. The Balaban J connectivity index is 2.17. The van der Waals surface area contributed by atoms with Gasteiger partial charge < -0.3 is 58.3 Å². The highest BCUT2D eigenvalue weighted by Crippen LogP contribution is 2.20.